The minimum atomic E-state index is -0.312. The highest BCUT2D eigenvalue weighted by atomic mass is 35.5. The molecule has 0 unspecified atom stereocenters. The Kier molecular flexibility index (Phi) is 4.29. The molecule has 0 aliphatic heterocycles. The maximum absolute atomic E-state index is 14.1. The minimum absolute atomic E-state index is 0.312. The van der Waals surface area contributed by atoms with Crippen molar-refractivity contribution < 1.29 is 4.39 Å². The van der Waals surface area contributed by atoms with E-state index in [1.165, 1.54) is 23.8 Å². The van der Waals surface area contributed by atoms with Crippen LogP contribution in [0, 0.1) is 5.82 Å². The van der Waals surface area contributed by atoms with Crippen LogP contribution in [0.5, 0.6) is 0 Å². The molecule has 1 saturated carbocycles. The van der Waals surface area contributed by atoms with E-state index < -0.39 is 0 Å². The lowest BCUT2D eigenvalue weighted by molar-refractivity contribution is 0.631. The Morgan fingerprint density at radius 3 is 2.81 bits per heavy atom. The van der Waals surface area contributed by atoms with Gasteiger partial charge < -0.3 is 5.32 Å². The van der Waals surface area contributed by atoms with E-state index in [9.17, 15) is 4.39 Å². The Hall–Kier alpha value is -0.970. The van der Waals surface area contributed by atoms with E-state index in [-0.39, 0.29) is 5.82 Å². The summed E-state index contributed by atoms with van der Waals surface area (Å²) in [5.41, 5.74) is 1.60. The summed E-state index contributed by atoms with van der Waals surface area (Å²) in [5.74, 6) is 0.0228. The molecule has 0 atom stereocenters. The van der Waals surface area contributed by atoms with Crippen molar-refractivity contribution in [3.63, 3.8) is 0 Å². The molecule has 0 spiro atoms. The first-order valence-electron chi connectivity index (χ1n) is 7.23. The number of halogens is 2. The van der Waals surface area contributed by atoms with Crippen LogP contribution in [0.4, 0.5) is 4.39 Å². The molecule has 5 heteroatoms. The van der Waals surface area contributed by atoms with Crippen molar-refractivity contribution in [2.24, 2.45) is 0 Å². The van der Waals surface area contributed by atoms with Crippen LogP contribution in [0.3, 0.4) is 0 Å². The third-order valence-electron chi connectivity index (χ3n) is 3.56. The van der Waals surface area contributed by atoms with Crippen molar-refractivity contribution in [1.82, 2.24) is 10.3 Å². The van der Waals surface area contributed by atoms with Gasteiger partial charge in [0.2, 0.25) is 0 Å². The standard InChI is InChI=1S/C16H18ClFN2S/c1-9(2)15-14(8-19-11-4-5-11)21-16(20-15)12-6-3-10(17)7-13(12)18/h3,6-7,9,11,19H,4-5,8H2,1-2H3. The highest BCUT2D eigenvalue weighted by molar-refractivity contribution is 7.15. The zero-order chi connectivity index (χ0) is 15.0. The number of hydrogen-bond donors (Lipinski definition) is 1. The number of nitrogens with one attached hydrogen (secondary N) is 1. The molecular weight excluding hydrogens is 307 g/mol. The first kappa shape index (κ1) is 14.9. The molecule has 1 fully saturated rings. The molecule has 1 aromatic carbocycles. The van der Waals surface area contributed by atoms with Gasteiger partial charge in [-0.15, -0.1) is 11.3 Å². The molecular formula is C16H18ClFN2S. The van der Waals surface area contributed by atoms with Crippen molar-refractivity contribution in [2.75, 3.05) is 0 Å². The van der Waals surface area contributed by atoms with Crippen LogP contribution in [0.25, 0.3) is 10.6 Å². The van der Waals surface area contributed by atoms with Gasteiger partial charge in [0.1, 0.15) is 10.8 Å². The summed E-state index contributed by atoms with van der Waals surface area (Å²) < 4.78 is 14.1. The number of benzene rings is 1. The Bertz CT molecular complexity index is 650. The van der Waals surface area contributed by atoms with Crippen molar-refractivity contribution in [1.29, 1.82) is 0 Å². The minimum Gasteiger partial charge on any atom is -0.309 e. The smallest absolute Gasteiger partial charge is 0.134 e. The SMILES string of the molecule is CC(C)c1nc(-c2ccc(Cl)cc2F)sc1CNC1CC1. The van der Waals surface area contributed by atoms with Gasteiger partial charge in [-0.05, 0) is 37.0 Å². The topological polar surface area (TPSA) is 24.9 Å². The third kappa shape index (κ3) is 3.44. The molecule has 112 valence electrons. The van der Waals surface area contributed by atoms with Crippen LogP contribution in [-0.2, 0) is 6.54 Å². The number of thiazole rings is 1. The largest absolute Gasteiger partial charge is 0.309 e. The van der Waals surface area contributed by atoms with E-state index in [0.717, 1.165) is 17.2 Å². The summed E-state index contributed by atoms with van der Waals surface area (Å²) in [6.45, 7) is 5.07. The lowest BCUT2D eigenvalue weighted by Gasteiger charge is -2.05. The monoisotopic (exact) mass is 324 g/mol. The Balaban J connectivity index is 1.92. The van der Waals surface area contributed by atoms with Crippen molar-refractivity contribution >= 4 is 22.9 Å². The molecule has 1 N–H and O–H groups in total. The van der Waals surface area contributed by atoms with E-state index in [2.05, 4.69) is 24.1 Å². The van der Waals surface area contributed by atoms with Gasteiger partial charge in [-0.1, -0.05) is 25.4 Å². The van der Waals surface area contributed by atoms with Gasteiger partial charge in [-0.3, -0.25) is 0 Å². The van der Waals surface area contributed by atoms with Gasteiger partial charge in [0.15, 0.2) is 0 Å². The Morgan fingerprint density at radius 1 is 1.43 bits per heavy atom. The van der Waals surface area contributed by atoms with E-state index in [1.807, 2.05) is 0 Å². The molecule has 1 heterocycles. The fraction of sp³-hybridized carbons (Fsp3) is 0.438. The molecule has 0 radical (unpaired) electrons. The maximum Gasteiger partial charge on any atom is 0.134 e. The molecule has 21 heavy (non-hydrogen) atoms. The number of nitrogens with zero attached hydrogens (tertiary/aromatic N) is 1. The normalized spacial score (nSPS) is 14.9. The van der Waals surface area contributed by atoms with Crippen molar-refractivity contribution in [3.05, 3.63) is 39.6 Å². The van der Waals surface area contributed by atoms with E-state index in [4.69, 9.17) is 11.6 Å². The van der Waals surface area contributed by atoms with Crippen LogP contribution in [-0.4, -0.2) is 11.0 Å². The van der Waals surface area contributed by atoms with Crippen molar-refractivity contribution in [3.8, 4) is 10.6 Å². The molecule has 2 nitrogen and oxygen atoms in total. The quantitative estimate of drug-likeness (QED) is 0.839. The summed E-state index contributed by atoms with van der Waals surface area (Å²) in [4.78, 5) is 5.87. The third-order valence-corrected chi connectivity index (χ3v) is 4.90. The van der Waals surface area contributed by atoms with Gasteiger partial charge in [0.05, 0.1) is 5.69 Å². The van der Waals surface area contributed by atoms with Crippen LogP contribution < -0.4 is 5.32 Å². The lowest BCUT2D eigenvalue weighted by atomic mass is 10.1. The fourth-order valence-corrected chi connectivity index (χ4v) is 3.60. The predicted molar refractivity (Wildman–Crippen MR) is 86.5 cm³/mol. The van der Waals surface area contributed by atoms with Crippen LogP contribution in [0.1, 0.15) is 43.2 Å². The number of hydrogen-bond acceptors (Lipinski definition) is 3. The Morgan fingerprint density at radius 2 is 2.19 bits per heavy atom. The van der Waals surface area contributed by atoms with Crippen molar-refractivity contribution in [2.45, 2.75) is 45.2 Å². The summed E-state index contributed by atoms with van der Waals surface area (Å²) in [5, 5.41) is 4.66. The molecule has 1 aliphatic rings. The summed E-state index contributed by atoms with van der Waals surface area (Å²) in [7, 11) is 0. The molecule has 0 amide bonds. The summed E-state index contributed by atoms with van der Waals surface area (Å²) in [6.07, 6.45) is 2.52. The molecule has 2 aromatic rings. The van der Waals surface area contributed by atoms with Gasteiger partial charge in [0, 0.05) is 28.0 Å². The van der Waals surface area contributed by atoms with Gasteiger partial charge in [0.25, 0.3) is 0 Å². The second-order valence-electron chi connectivity index (χ2n) is 5.76. The summed E-state index contributed by atoms with van der Waals surface area (Å²) >= 11 is 7.39. The second-order valence-corrected chi connectivity index (χ2v) is 7.28. The van der Waals surface area contributed by atoms with Gasteiger partial charge in [-0.25, -0.2) is 9.37 Å². The van der Waals surface area contributed by atoms with E-state index in [1.54, 1.807) is 23.5 Å². The maximum atomic E-state index is 14.1. The average Bonchev–Trinajstić information content (AvgIpc) is 3.15. The zero-order valence-corrected chi connectivity index (χ0v) is 13.7. The molecule has 1 aromatic heterocycles. The molecule has 3 rings (SSSR count). The van der Waals surface area contributed by atoms with Crippen LogP contribution in [0.2, 0.25) is 5.02 Å². The molecule has 1 aliphatic carbocycles. The van der Waals surface area contributed by atoms with Gasteiger partial charge in [-0.2, -0.15) is 0 Å². The average molecular weight is 325 g/mol. The fourth-order valence-electron chi connectivity index (χ4n) is 2.24. The molecule has 0 saturated heterocycles. The van der Waals surface area contributed by atoms with E-state index >= 15 is 0 Å². The Labute approximate surface area is 133 Å². The number of aromatic nitrogens is 1. The summed E-state index contributed by atoms with van der Waals surface area (Å²) in [6, 6.07) is 5.41. The van der Waals surface area contributed by atoms with Gasteiger partial charge >= 0.3 is 0 Å². The first-order chi connectivity index (χ1) is 10.0. The lowest BCUT2D eigenvalue weighted by Crippen LogP contribution is -2.15. The second kappa shape index (κ2) is 6.03. The van der Waals surface area contributed by atoms with Crippen LogP contribution in [0.15, 0.2) is 18.2 Å². The van der Waals surface area contributed by atoms with E-state index in [0.29, 0.717) is 22.5 Å². The molecule has 0 bridgehead atoms. The van der Waals surface area contributed by atoms with Crippen LogP contribution >= 0.6 is 22.9 Å². The highest BCUT2D eigenvalue weighted by Crippen LogP contribution is 2.34. The zero-order valence-electron chi connectivity index (χ0n) is 12.1. The number of rotatable bonds is 5. The highest BCUT2D eigenvalue weighted by Gasteiger charge is 2.23. The predicted octanol–water partition coefficient (Wildman–Crippen LogP) is 4.98. The first-order valence-corrected chi connectivity index (χ1v) is 8.42.